The molecule has 66 valence electrons. The summed E-state index contributed by atoms with van der Waals surface area (Å²) in [7, 11) is 5.51. The molecule has 0 atom stereocenters. The van der Waals surface area contributed by atoms with E-state index in [1.165, 1.54) is 0 Å². The fourth-order valence-corrected chi connectivity index (χ4v) is 1.13. The van der Waals surface area contributed by atoms with Crippen molar-refractivity contribution >= 4 is 19.3 Å². The van der Waals surface area contributed by atoms with Crippen LogP contribution in [0.5, 0.6) is 0 Å². The summed E-state index contributed by atoms with van der Waals surface area (Å²) in [5, 5.41) is 8.42. The van der Waals surface area contributed by atoms with Gasteiger partial charge in [0, 0.05) is 6.42 Å². The van der Waals surface area contributed by atoms with Gasteiger partial charge in [0.1, 0.15) is 7.85 Å². The first kappa shape index (κ1) is 9.84. The van der Waals surface area contributed by atoms with Crippen LogP contribution in [0.25, 0.3) is 0 Å². The van der Waals surface area contributed by atoms with E-state index >= 15 is 0 Å². The molecule has 0 unspecified atom stereocenters. The van der Waals surface area contributed by atoms with Gasteiger partial charge < -0.3 is 5.11 Å². The van der Waals surface area contributed by atoms with Crippen LogP contribution in [0.4, 0.5) is 0 Å². The average molecular weight is 174 g/mol. The second-order valence-electron chi connectivity index (χ2n) is 2.99. The molecule has 0 heterocycles. The van der Waals surface area contributed by atoms with Crippen molar-refractivity contribution in [2.24, 2.45) is 0 Å². The average Bonchev–Trinajstić information content (AvgIpc) is 2.08. The Bertz CT molecular complexity index is 279. The highest BCUT2D eigenvalue weighted by atomic mass is 16.4. The molecule has 0 amide bonds. The molecule has 2 radical (unpaired) electrons. The van der Waals surface area contributed by atoms with Gasteiger partial charge in [-0.05, 0) is 18.4 Å². The third-order valence-electron chi connectivity index (χ3n) is 1.84. The van der Waals surface area contributed by atoms with Crippen molar-refractivity contribution in [2.75, 3.05) is 0 Å². The van der Waals surface area contributed by atoms with Gasteiger partial charge in [0.15, 0.2) is 0 Å². The van der Waals surface area contributed by atoms with Gasteiger partial charge in [0.25, 0.3) is 0 Å². The van der Waals surface area contributed by atoms with E-state index in [4.69, 9.17) is 13.0 Å². The Morgan fingerprint density at radius 3 is 2.46 bits per heavy atom. The maximum Gasteiger partial charge on any atom is 0.303 e. The number of hydrogen-bond donors (Lipinski definition) is 1. The van der Waals surface area contributed by atoms with E-state index in [1.54, 1.807) is 0 Å². The Morgan fingerprint density at radius 1 is 1.31 bits per heavy atom. The molecule has 2 nitrogen and oxygen atoms in total. The summed E-state index contributed by atoms with van der Waals surface area (Å²) >= 11 is 0. The second-order valence-corrected chi connectivity index (χ2v) is 2.99. The molecule has 0 saturated heterocycles. The van der Waals surface area contributed by atoms with Gasteiger partial charge in [-0.15, -0.1) is 0 Å². The molecule has 1 aromatic carbocycles. The first-order valence-electron chi connectivity index (χ1n) is 4.24. The number of carboxylic acid groups (broad SMARTS) is 1. The Balaban J connectivity index is 2.37. The molecule has 0 aliphatic heterocycles. The van der Waals surface area contributed by atoms with Gasteiger partial charge in [0.05, 0.1) is 0 Å². The van der Waals surface area contributed by atoms with Crippen LogP contribution in [0.2, 0.25) is 0 Å². The number of rotatable bonds is 4. The minimum absolute atomic E-state index is 0.227. The third-order valence-corrected chi connectivity index (χ3v) is 1.84. The Labute approximate surface area is 79.0 Å². The van der Waals surface area contributed by atoms with Crippen molar-refractivity contribution in [3.63, 3.8) is 0 Å². The number of benzene rings is 1. The summed E-state index contributed by atoms with van der Waals surface area (Å²) in [4.78, 5) is 10.2. The zero-order valence-corrected chi connectivity index (χ0v) is 7.36. The quantitative estimate of drug-likeness (QED) is 0.688. The van der Waals surface area contributed by atoms with Crippen LogP contribution in [0.3, 0.4) is 0 Å². The van der Waals surface area contributed by atoms with Gasteiger partial charge in [-0.25, -0.2) is 0 Å². The van der Waals surface area contributed by atoms with E-state index in [-0.39, 0.29) is 6.42 Å². The largest absolute Gasteiger partial charge is 0.481 e. The highest BCUT2D eigenvalue weighted by Gasteiger charge is 1.97. The minimum Gasteiger partial charge on any atom is -0.481 e. The number of aryl methyl sites for hydroxylation is 1. The van der Waals surface area contributed by atoms with Crippen molar-refractivity contribution < 1.29 is 9.90 Å². The van der Waals surface area contributed by atoms with Crippen molar-refractivity contribution in [3.05, 3.63) is 29.8 Å². The lowest BCUT2D eigenvalue weighted by Gasteiger charge is -1.99. The number of hydrogen-bond acceptors (Lipinski definition) is 1. The van der Waals surface area contributed by atoms with Gasteiger partial charge >= 0.3 is 5.97 Å². The fourth-order valence-electron chi connectivity index (χ4n) is 1.13. The molecule has 1 N–H and O–H groups in total. The molecule has 13 heavy (non-hydrogen) atoms. The second kappa shape index (κ2) is 4.70. The Hall–Kier alpha value is -1.25. The molecular weight excluding hydrogens is 163 g/mol. The zero-order valence-electron chi connectivity index (χ0n) is 7.36. The number of aliphatic carboxylic acids is 1. The smallest absolute Gasteiger partial charge is 0.303 e. The Morgan fingerprint density at radius 2 is 1.92 bits per heavy atom. The van der Waals surface area contributed by atoms with Crippen LogP contribution in [-0.2, 0) is 11.2 Å². The molecule has 0 aliphatic rings. The normalized spacial score (nSPS) is 9.85. The van der Waals surface area contributed by atoms with E-state index in [0.29, 0.717) is 6.42 Å². The van der Waals surface area contributed by atoms with E-state index in [1.807, 2.05) is 24.3 Å². The lowest BCUT2D eigenvalue weighted by atomic mass is 9.94. The summed E-state index contributed by atoms with van der Waals surface area (Å²) in [6, 6.07) is 7.51. The van der Waals surface area contributed by atoms with E-state index in [9.17, 15) is 4.79 Å². The summed E-state index contributed by atoms with van der Waals surface area (Å²) < 4.78 is 0. The molecule has 0 aromatic heterocycles. The van der Waals surface area contributed by atoms with E-state index in [0.717, 1.165) is 17.4 Å². The van der Waals surface area contributed by atoms with Crippen LogP contribution in [-0.4, -0.2) is 18.9 Å². The van der Waals surface area contributed by atoms with E-state index in [2.05, 4.69) is 0 Å². The SMILES string of the molecule is [B]c1ccc(CCCC(=O)O)cc1. The first-order valence-corrected chi connectivity index (χ1v) is 4.24. The van der Waals surface area contributed by atoms with Crippen molar-refractivity contribution in [3.8, 4) is 0 Å². The highest BCUT2D eigenvalue weighted by Crippen LogP contribution is 2.03. The standard InChI is InChI=1S/C10H11BO2/c11-9-6-4-8(5-7-9)2-1-3-10(12)13/h4-7H,1-3H2,(H,12,13). The zero-order chi connectivity index (χ0) is 9.68. The van der Waals surface area contributed by atoms with Crippen LogP contribution >= 0.6 is 0 Å². The topological polar surface area (TPSA) is 37.3 Å². The highest BCUT2D eigenvalue weighted by molar-refractivity contribution is 6.32. The molecule has 0 saturated carbocycles. The van der Waals surface area contributed by atoms with Gasteiger partial charge in [-0.2, -0.15) is 0 Å². The van der Waals surface area contributed by atoms with Crippen LogP contribution in [0, 0.1) is 0 Å². The van der Waals surface area contributed by atoms with Gasteiger partial charge in [-0.1, -0.05) is 29.7 Å². The predicted molar refractivity (Wildman–Crippen MR) is 52.4 cm³/mol. The monoisotopic (exact) mass is 174 g/mol. The number of carbonyl (C=O) groups is 1. The van der Waals surface area contributed by atoms with Gasteiger partial charge in [0.2, 0.25) is 0 Å². The molecule has 3 heteroatoms. The first-order chi connectivity index (χ1) is 6.18. The molecule has 0 aliphatic carbocycles. The third kappa shape index (κ3) is 3.79. The molecule has 0 spiro atoms. The van der Waals surface area contributed by atoms with Crippen molar-refractivity contribution in [1.82, 2.24) is 0 Å². The lowest BCUT2D eigenvalue weighted by Crippen LogP contribution is -2.01. The van der Waals surface area contributed by atoms with Crippen LogP contribution in [0.15, 0.2) is 24.3 Å². The summed E-state index contributed by atoms with van der Waals surface area (Å²) in [6.07, 6.45) is 1.70. The maximum atomic E-state index is 10.2. The minimum atomic E-state index is -0.740. The lowest BCUT2D eigenvalue weighted by molar-refractivity contribution is -0.137. The molecule has 1 rings (SSSR count). The molecule has 1 aromatic rings. The fraction of sp³-hybridized carbons (Fsp3) is 0.300. The van der Waals surface area contributed by atoms with Crippen molar-refractivity contribution in [2.45, 2.75) is 19.3 Å². The Kier molecular flexibility index (Phi) is 3.56. The van der Waals surface area contributed by atoms with Crippen molar-refractivity contribution in [1.29, 1.82) is 0 Å². The van der Waals surface area contributed by atoms with E-state index < -0.39 is 5.97 Å². The number of carboxylic acids is 1. The summed E-state index contributed by atoms with van der Waals surface area (Å²) in [5.41, 5.74) is 1.87. The predicted octanol–water partition coefficient (Wildman–Crippen LogP) is 0.888. The van der Waals surface area contributed by atoms with Crippen LogP contribution in [0.1, 0.15) is 18.4 Å². The van der Waals surface area contributed by atoms with Gasteiger partial charge in [-0.3, -0.25) is 4.79 Å². The molecular formula is C10H11BO2. The van der Waals surface area contributed by atoms with Crippen LogP contribution < -0.4 is 5.46 Å². The molecule has 0 bridgehead atoms. The summed E-state index contributed by atoms with van der Waals surface area (Å²) in [6.45, 7) is 0. The molecule has 0 fully saturated rings. The summed E-state index contributed by atoms with van der Waals surface area (Å²) in [5.74, 6) is -0.740. The maximum absolute atomic E-state index is 10.2.